The van der Waals surface area contributed by atoms with E-state index in [0.29, 0.717) is 23.6 Å². The summed E-state index contributed by atoms with van der Waals surface area (Å²) in [6, 6.07) is 0.346. The first kappa shape index (κ1) is 17.5. The molecule has 1 aromatic heterocycles. The highest BCUT2D eigenvalue weighted by Gasteiger charge is 2.17. The maximum Gasteiger partial charge on any atom is 0.157 e. The maximum atomic E-state index is 6.31. The molecule has 5 nitrogen and oxygen atoms in total. The molecule has 0 fully saturated rings. The zero-order valence-electron chi connectivity index (χ0n) is 14.3. The van der Waals surface area contributed by atoms with Gasteiger partial charge in [0.05, 0.1) is 0 Å². The molecule has 1 heterocycles. The molecule has 0 aliphatic rings. The lowest BCUT2D eigenvalue weighted by Crippen LogP contribution is -2.33. The van der Waals surface area contributed by atoms with Crippen LogP contribution in [-0.4, -0.2) is 29.1 Å². The fourth-order valence-electron chi connectivity index (χ4n) is 2.22. The van der Waals surface area contributed by atoms with Gasteiger partial charge in [0.2, 0.25) is 0 Å². The predicted molar refractivity (Wildman–Crippen MR) is 91.7 cm³/mol. The number of nitrogens with one attached hydrogen (secondary N) is 1. The van der Waals surface area contributed by atoms with Crippen molar-refractivity contribution >= 4 is 17.3 Å². The number of nitrogens with zero attached hydrogens (tertiary/aromatic N) is 3. The molecule has 21 heavy (non-hydrogen) atoms. The van der Waals surface area contributed by atoms with E-state index in [0.717, 1.165) is 31.1 Å². The van der Waals surface area contributed by atoms with Crippen LogP contribution >= 0.6 is 0 Å². The Balaban J connectivity index is 3.04. The Bertz CT molecular complexity index is 421. The Morgan fingerprint density at radius 2 is 1.67 bits per heavy atom. The Morgan fingerprint density at radius 3 is 2.14 bits per heavy atom. The number of nitrogens with two attached hydrogens (primary N) is 1. The summed E-state index contributed by atoms with van der Waals surface area (Å²) in [7, 11) is 0. The zero-order chi connectivity index (χ0) is 16.0. The van der Waals surface area contributed by atoms with Gasteiger partial charge in [-0.3, -0.25) is 0 Å². The molecular formula is C16H31N5. The zero-order valence-corrected chi connectivity index (χ0v) is 14.3. The van der Waals surface area contributed by atoms with Crippen LogP contribution in [0.2, 0.25) is 0 Å². The minimum atomic E-state index is 0.346. The lowest BCUT2D eigenvalue weighted by atomic mass is 10.1. The molecule has 0 aliphatic heterocycles. The first-order valence-electron chi connectivity index (χ1n) is 7.97. The molecule has 3 N–H and O–H groups in total. The van der Waals surface area contributed by atoms with Crippen molar-refractivity contribution < 1.29 is 0 Å². The highest BCUT2D eigenvalue weighted by atomic mass is 15.2. The van der Waals surface area contributed by atoms with E-state index in [1.54, 1.807) is 6.33 Å². The van der Waals surface area contributed by atoms with Gasteiger partial charge in [0.1, 0.15) is 12.0 Å². The van der Waals surface area contributed by atoms with Gasteiger partial charge >= 0.3 is 0 Å². The van der Waals surface area contributed by atoms with E-state index in [4.69, 9.17) is 5.73 Å². The Morgan fingerprint density at radius 1 is 1.10 bits per heavy atom. The first-order chi connectivity index (χ1) is 9.85. The summed E-state index contributed by atoms with van der Waals surface area (Å²) in [4.78, 5) is 11.0. The van der Waals surface area contributed by atoms with Crippen molar-refractivity contribution in [3.8, 4) is 0 Å². The molecule has 5 heteroatoms. The van der Waals surface area contributed by atoms with Gasteiger partial charge in [-0.15, -0.1) is 0 Å². The molecular weight excluding hydrogens is 262 g/mol. The predicted octanol–water partition coefficient (Wildman–Crippen LogP) is 3.39. The molecule has 0 aliphatic carbocycles. The fraction of sp³-hybridized carbons (Fsp3) is 0.750. The van der Waals surface area contributed by atoms with Gasteiger partial charge in [0.25, 0.3) is 0 Å². The Labute approximate surface area is 129 Å². The molecule has 0 radical (unpaired) electrons. The number of rotatable bonds is 8. The summed E-state index contributed by atoms with van der Waals surface area (Å²) in [5.41, 5.74) is 6.96. The molecule has 1 unspecified atom stereocenters. The second-order valence-electron chi connectivity index (χ2n) is 6.61. The largest absolute Gasteiger partial charge is 0.393 e. The molecule has 0 bridgehead atoms. The van der Waals surface area contributed by atoms with Gasteiger partial charge in [-0.1, -0.05) is 34.6 Å². The summed E-state index contributed by atoms with van der Waals surface area (Å²) in [6.45, 7) is 15.0. The van der Waals surface area contributed by atoms with Crippen LogP contribution in [0.5, 0.6) is 0 Å². The van der Waals surface area contributed by atoms with Crippen molar-refractivity contribution in [3.63, 3.8) is 0 Å². The van der Waals surface area contributed by atoms with Gasteiger partial charge in [-0.05, 0) is 25.2 Å². The lowest BCUT2D eigenvalue weighted by Gasteiger charge is -2.29. The van der Waals surface area contributed by atoms with Crippen LogP contribution in [0.25, 0.3) is 0 Å². The Kier molecular flexibility index (Phi) is 6.72. The average Bonchev–Trinajstić information content (AvgIpc) is 2.39. The highest BCUT2D eigenvalue weighted by Crippen LogP contribution is 2.28. The third-order valence-corrected chi connectivity index (χ3v) is 3.33. The van der Waals surface area contributed by atoms with E-state index >= 15 is 0 Å². The molecule has 0 saturated carbocycles. The molecule has 0 saturated heterocycles. The molecule has 120 valence electrons. The maximum absolute atomic E-state index is 6.31. The van der Waals surface area contributed by atoms with Crippen LogP contribution in [0.1, 0.15) is 48.0 Å². The summed E-state index contributed by atoms with van der Waals surface area (Å²) in [5, 5.41) is 3.36. The third-order valence-electron chi connectivity index (χ3n) is 3.33. The summed E-state index contributed by atoms with van der Waals surface area (Å²) >= 11 is 0. The van der Waals surface area contributed by atoms with Crippen LogP contribution in [0.15, 0.2) is 6.33 Å². The van der Waals surface area contributed by atoms with E-state index in [-0.39, 0.29) is 0 Å². The first-order valence-corrected chi connectivity index (χ1v) is 7.97. The van der Waals surface area contributed by atoms with Crippen molar-refractivity contribution in [1.29, 1.82) is 0 Å². The summed E-state index contributed by atoms with van der Waals surface area (Å²) in [5.74, 6) is 2.71. The normalized spacial score (nSPS) is 12.8. The van der Waals surface area contributed by atoms with Gasteiger partial charge in [0.15, 0.2) is 11.6 Å². The van der Waals surface area contributed by atoms with Gasteiger partial charge in [-0.2, -0.15) is 0 Å². The molecule has 0 amide bonds. The highest BCUT2D eigenvalue weighted by molar-refractivity contribution is 5.75. The monoisotopic (exact) mass is 293 g/mol. The fourth-order valence-corrected chi connectivity index (χ4v) is 2.22. The van der Waals surface area contributed by atoms with E-state index in [1.807, 2.05) is 0 Å². The number of hydrogen-bond donors (Lipinski definition) is 2. The van der Waals surface area contributed by atoms with Crippen LogP contribution in [-0.2, 0) is 0 Å². The van der Waals surface area contributed by atoms with Gasteiger partial charge < -0.3 is 16.0 Å². The molecule has 1 atom stereocenters. The van der Waals surface area contributed by atoms with Crippen molar-refractivity contribution in [2.24, 2.45) is 11.8 Å². The smallest absolute Gasteiger partial charge is 0.157 e. The number of hydrogen-bond acceptors (Lipinski definition) is 5. The summed E-state index contributed by atoms with van der Waals surface area (Å²) in [6.07, 6.45) is 2.63. The molecule has 0 spiro atoms. The lowest BCUT2D eigenvalue weighted by molar-refractivity contribution is 0.549. The minimum absolute atomic E-state index is 0.346. The molecule has 0 aromatic carbocycles. The minimum Gasteiger partial charge on any atom is -0.393 e. The second-order valence-corrected chi connectivity index (χ2v) is 6.61. The number of aromatic nitrogens is 2. The topological polar surface area (TPSA) is 67.1 Å². The van der Waals surface area contributed by atoms with E-state index in [1.165, 1.54) is 0 Å². The van der Waals surface area contributed by atoms with Crippen molar-refractivity contribution in [3.05, 3.63) is 6.33 Å². The number of anilines is 3. The van der Waals surface area contributed by atoms with Gasteiger partial charge in [-0.25, -0.2) is 9.97 Å². The SMILES string of the molecule is CCC(C)Nc1ncnc(N(CC(C)C)CC(C)C)c1N. The molecule has 1 aromatic rings. The molecule has 1 rings (SSSR count). The van der Waals surface area contributed by atoms with Crippen molar-refractivity contribution in [1.82, 2.24) is 9.97 Å². The quantitative estimate of drug-likeness (QED) is 0.769. The number of nitrogen functional groups attached to an aromatic ring is 1. The van der Waals surface area contributed by atoms with Crippen molar-refractivity contribution in [2.45, 2.75) is 54.0 Å². The van der Waals surface area contributed by atoms with E-state index in [2.05, 4.69) is 61.7 Å². The van der Waals surface area contributed by atoms with Crippen LogP contribution in [0.4, 0.5) is 17.3 Å². The average molecular weight is 293 g/mol. The second kappa shape index (κ2) is 8.05. The summed E-state index contributed by atoms with van der Waals surface area (Å²) < 4.78 is 0. The van der Waals surface area contributed by atoms with Crippen molar-refractivity contribution in [2.75, 3.05) is 29.0 Å². The van der Waals surface area contributed by atoms with Crippen LogP contribution in [0, 0.1) is 11.8 Å². The van der Waals surface area contributed by atoms with Gasteiger partial charge in [0, 0.05) is 19.1 Å². The van der Waals surface area contributed by atoms with E-state index in [9.17, 15) is 0 Å². The van der Waals surface area contributed by atoms with E-state index < -0.39 is 0 Å². The third kappa shape index (κ3) is 5.40. The van der Waals surface area contributed by atoms with Crippen LogP contribution in [0.3, 0.4) is 0 Å². The van der Waals surface area contributed by atoms with Crippen LogP contribution < -0.4 is 16.0 Å². The Hall–Kier alpha value is -1.52. The standard InChI is InChI=1S/C16H31N5/c1-7-13(6)20-15-14(17)16(19-10-18-15)21(8-11(2)3)9-12(4)5/h10-13H,7-9,17H2,1-6H3,(H,18,19,20).